The molecular formula is C23H21NO4. The van der Waals surface area contributed by atoms with Gasteiger partial charge in [0.2, 0.25) is 5.91 Å². The fourth-order valence-corrected chi connectivity index (χ4v) is 3.43. The van der Waals surface area contributed by atoms with Crippen LogP contribution in [0, 0.1) is 20.8 Å². The van der Waals surface area contributed by atoms with Gasteiger partial charge >= 0.3 is 5.63 Å². The molecule has 0 saturated carbocycles. The Morgan fingerprint density at radius 1 is 1.00 bits per heavy atom. The molecule has 28 heavy (non-hydrogen) atoms. The van der Waals surface area contributed by atoms with Gasteiger partial charge in [-0.25, -0.2) is 4.79 Å². The number of hydrogen-bond acceptors (Lipinski definition) is 4. The van der Waals surface area contributed by atoms with Crippen molar-refractivity contribution in [3.8, 4) is 0 Å². The molecule has 0 saturated heterocycles. The molecule has 4 rings (SSSR count). The second-order valence-electron chi connectivity index (χ2n) is 7.17. The van der Waals surface area contributed by atoms with Crippen molar-refractivity contribution in [1.82, 2.24) is 0 Å². The molecule has 0 aliphatic rings. The molecule has 2 aromatic carbocycles. The molecule has 0 aliphatic heterocycles. The molecule has 0 spiro atoms. The Kier molecular flexibility index (Phi) is 4.51. The van der Waals surface area contributed by atoms with Crippen LogP contribution in [0.25, 0.3) is 21.9 Å². The predicted octanol–water partition coefficient (Wildman–Crippen LogP) is 5.04. The SMILES string of the molecule is Cc1ccc(NC(=O)CCc2c(C)c3cc4c(C)coc4cc3oc2=O)cc1. The van der Waals surface area contributed by atoms with Crippen LogP contribution in [-0.4, -0.2) is 5.91 Å². The minimum atomic E-state index is -0.407. The molecule has 5 nitrogen and oxygen atoms in total. The van der Waals surface area contributed by atoms with Gasteiger partial charge < -0.3 is 14.2 Å². The van der Waals surface area contributed by atoms with Crippen LogP contribution in [0.2, 0.25) is 0 Å². The Bertz CT molecular complexity index is 1250. The molecule has 0 fully saturated rings. The van der Waals surface area contributed by atoms with Gasteiger partial charge in [0.05, 0.1) is 6.26 Å². The van der Waals surface area contributed by atoms with Crippen molar-refractivity contribution in [3.05, 3.63) is 75.3 Å². The van der Waals surface area contributed by atoms with Crippen LogP contribution in [0.1, 0.15) is 28.7 Å². The number of furan rings is 1. The summed E-state index contributed by atoms with van der Waals surface area (Å²) in [4.78, 5) is 24.8. The third-order valence-corrected chi connectivity index (χ3v) is 5.11. The Morgan fingerprint density at radius 2 is 1.75 bits per heavy atom. The average Bonchev–Trinajstić information content (AvgIpc) is 3.02. The highest BCUT2D eigenvalue weighted by Gasteiger charge is 2.15. The molecular weight excluding hydrogens is 354 g/mol. The van der Waals surface area contributed by atoms with E-state index in [1.165, 1.54) is 0 Å². The van der Waals surface area contributed by atoms with E-state index >= 15 is 0 Å². The lowest BCUT2D eigenvalue weighted by molar-refractivity contribution is -0.116. The lowest BCUT2D eigenvalue weighted by Gasteiger charge is -2.09. The first kappa shape index (κ1) is 18.0. The van der Waals surface area contributed by atoms with Gasteiger partial charge in [-0.05, 0) is 56.5 Å². The highest BCUT2D eigenvalue weighted by molar-refractivity contribution is 5.96. The smallest absolute Gasteiger partial charge is 0.339 e. The second kappa shape index (κ2) is 7.00. The van der Waals surface area contributed by atoms with Crippen LogP contribution in [0.5, 0.6) is 0 Å². The normalized spacial score (nSPS) is 11.2. The number of benzene rings is 2. The highest BCUT2D eigenvalue weighted by atomic mass is 16.4. The van der Waals surface area contributed by atoms with Crippen molar-refractivity contribution in [2.75, 3.05) is 5.32 Å². The van der Waals surface area contributed by atoms with Crippen LogP contribution in [0.3, 0.4) is 0 Å². The van der Waals surface area contributed by atoms with Gasteiger partial charge in [0.25, 0.3) is 0 Å². The summed E-state index contributed by atoms with van der Waals surface area (Å²) < 4.78 is 11.0. The number of anilines is 1. The van der Waals surface area contributed by atoms with Crippen LogP contribution >= 0.6 is 0 Å². The maximum Gasteiger partial charge on any atom is 0.339 e. The van der Waals surface area contributed by atoms with Crippen LogP contribution in [0.4, 0.5) is 5.69 Å². The van der Waals surface area contributed by atoms with Crippen molar-refractivity contribution < 1.29 is 13.6 Å². The predicted molar refractivity (Wildman–Crippen MR) is 110 cm³/mol. The van der Waals surface area contributed by atoms with E-state index in [0.29, 0.717) is 23.2 Å². The minimum absolute atomic E-state index is 0.135. The largest absolute Gasteiger partial charge is 0.464 e. The van der Waals surface area contributed by atoms with Crippen LogP contribution in [0.15, 0.2) is 56.3 Å². The minimum Gasteiger partial charge on any atom is -0.464 e. The van der Waals surface area contributed by atoms with Crippen LogP contribution < -0.4 is 10.9 Å². The highest BCUT2D eigenvalue weighted by Crippen LogP contribution is 2.29. The van der Waals surface area contributed by atoms with E-state index in [1.54, 1.807) is 12.3 Å². The fraction of sp³-hybridized carbons (Fsp3) is 0.217. The quantitative estimate of drug-likeness (QED) is 0.508. The van der Waals surface area contributed by atoms with Crippen molar-refractivity contribution in [2.24, 2.45) is 0 Å². The van der Waals surface area contributed by atoms with Gasteiger partial charge in [0.1, 0.15) is 11.2 Å². The second-order valence-corrected chi connectivity index (χ2v) is 7.17. The first-order valence-electron chi connectivity index (χ1n) is 9.23. The van der Waals surface area contributed by atoms with Gasteiger partial charge in [-0.2, -0.15) is 0 Å². The Hall–Kier alpha value is -3.34. The number of hydrogen-bond donors (Lipinski definition) is 1. The molecule has 2 aromatic heterocycles. The van der Waals surface area contributed by atoms with E-state index in [1.807, 2.05) is 51.1 Å². The van der Waals surface area contributed by atoms with E-state index in [0.717, 1.165) is 33.2 Å². The maximum absolute atomic E-state index is 12.5. The monoisotopic (exact) mass is 375 g/mol. The van der Waals surface area contributed by atoms with E-state index in [4.69, 9.17) is 8.83 Å². The number of carbonyl (C=O) groups excluding carboxylic acids is 1. The van der Waals surface area contributed by atoms with Gasteiger partial charge in [0, 0.05) is 34.5 Å². The third-order valence-electron chi connectivity index (χ3n) is 5.11. The summed E-state index contributed by atoms with van der Waals surface area (Å²) in [7, 11) is 0. The van der Waals surface area contributed by atoms with Gasteiger partial charge in [0.15, 0.2) is 0 Å². The Morgan fingerprint density at radius 3 is 2.50 bits per heavy atom. The number of aryl methyl sites for hydroxylation is 3. The number of fused-ring (bicyclic) bond motifs is 2. The maximum atomic E-state index is 12.5. The zero-order valence-electron chi connectivity index (χ0n) is 16.1. The fourth-order valence-electron chi connectivity index (χ4n) is 3.43. The van der Waals surface area contributed by atoms with Gasteiger partial charge in [-0.15, -0.1) is 0 Å². The molecule has 0 unspecified atom stereocenters. The molecule has 0 radical (unpaired) electrons. The lowest BCUT2D eigenvalue weighted by atomic mass is 10.0. The molecule has 0 bridgehead atoms. The zero-order valence-corrected chi connectivity index (χ0v) is 16.1. The number of amides is 1. The van der Waals surface area contributed by atoms with Crippen molar-refractivity contribution in [3.63, 3.8) is 0 Å². The summed E-state index contributed by atoms with van der Waals surface area (Å²) in [5.41, 5.74) is 5.07. The van der Waals surface area contributed by atoms with Crippen LogP contribution in [-0.2, 0) is 11.2 Å². The molecule has 1 N–H and O–H groups in total. The number of nitrogens with one attached hydrogen (secondary N) is 1. The van der Waals surface area contributed by atoms with E-state index < -0.39 is 5.63 Å². The van der Waals surface area contributed by atoms with E-state index in [2.05, 4.69) is 5.32 Å². The lowest BCUT2D eigenvalue weighted by Crippen LogP contribution is -2.16. The topological polar surface area (TPSA) is 72.5 Å². The van der Waals surface area contributed by atoms with Crippen molar-refractivity contribution in [2.45, 2.75) is 33.6 Å². The number of rotatable bonds is 4. The summed E-state index contributed by atoms with van der Waals surface area (Å²) in [5.74, 6) is -0.135. The van der Waals surface area contributed by atoms with Crippen molar-refractivity contribution in [1.29, 1.82) is 0 Å². The first-order valence-corrected chi connectivity index (χ1v) is 9.23. The van der Waals surface area contributed by atoms with Crippen molar-refractivity contribution >= 4 is 33.5 Å². The third kappa shape index (κ3) is 3.31. The molecule has 4 aromatic rings. The van der Waals surface area contributed by atoms with Gasteiger partial charge in [-0.1, -0.05) is 17.7 Å². The molecule has 5 heteroatoms. The summed E-state index contributed by atoms with van der Waals surface area (Å²) in [6.45, 7) is 5.86. The number of carbonyl (C=O) groups is 1. The Labute approximate surface area is 162 Å². The standard InChI is InChI=1S/C23H21NO4/c1-13-4-6-16(7-5-13)24-22(25)9-8-17-15(3)19-10-18-14(2)12-27-20(18)11-21(19)28-23(17)26/h4-7,10-12H,8-9H2,1-3H3,(H,24,25). The Balaban J connectivity index is 1.60. The molecule has 0 atom stereocenters. The van der Waals surface area contributed by atoms with Gasteiger partial charge in [-0.3, -0.25) is 4.79 Å². The molecule has 1 amide bonds. The molecule has 142 valence electrons. The summed E-state index contributed by atoms with van der Waals surface area (Å²) in [6, 6.07) is 11.3. The van der Waals surface area contributed by atoms with E-state index in [9.17, 15) is 9.59 Å². The zero-order chi connectivity index (χ0) is 19.8. The summed E-state index contributed by atoms with van der Waals surface area (Å²) >= 11 is 0. The van der Waals surface area contributed by atoms with E-state index in [-0.39, 0.29) is 12.3 Å². The summed E-state index contributed by atoms with van der Waals surface area (Å²) in [6.07, 6.45) is 2.22. The molecule has 0 aliphatic carbocycles. The average molecular weight is 375 g/mol. The molecule has 2 heterocycles. The first-order chi connectivity index (χ1) is 13.4. The summed E-state index contributed by atoms with van der Waals surface area (Å²) in [5, 5.41) is 4.72.